The Balaban J connectivity index is 0. The number of rotatable bonds is 2. The zero-order chi connectivity index (χ0) is 15.1. The fourth-order valence-electron chi connectivity index (χ4n) is 3.33. The van der Waals surface area contributed by atoms with Crippen molar-refractivity contribution in [3.05, 3.63) is 0 Å². The molecule has 2 saturated carbocycles. The van der Waals surface area contributed by atoms with Crippen molar-refractivity contribution < 1.29 is 32.2 Å². The average Bonchev–Trinajstić information content (AvgIpc) is 2.40. The third-order valence-electron chi connectivity index (χ3n) is 4.83. The molecule has 124 valence electrons. The number of carboxylic acid groups (broad SMARTS) is 2. The molecule has 0 aromatic heterocycles. The molecule has 0 saturated heterocycles. The van der Waals surface area contributed by atoms with E-state index in [1.54, 1.807) is 0 Å². The van der Waals surface area contributed by atoms with Gasteiger partial charge in [-0.3, -0.25) is 0 Å². The van der Waals surface area contributed by atoms with Gasteiger partial charge in [-0.2, -0.15) is 0 Å². The van der Waals surface area contributed by atoms with Crippen LogP contribution in [0, 0.1) is 23.7 Å². The van der Waals surface area contributed by atoms with Crippen LogP contribution in [0.25, 0.3) is 0 Å². The molecule has 0 aromatic rings. The van der Waals surface area contributed by atoms with Crippen LogP contribution < -0.4 is 22.6 Å². The summed E-state index contributed by atoms with van der Waals surface area (Å²) in [7, 11) is 0. The van der Waals surface area contributed by atoms with Crippen molar-refractivity contribution in [2.75, 3.05) is 0 Å². The van der Waals surface area contributed by atoms with E-state index in [0.29, 0.717) is 11.8 Å². The summed E-state index contributed by atoms with van der Waals surface area (Å²) in [4.78, 5) is 20.9. The van der Waals surface area contributed by atoms with Crippen LogP contribution >= 0.6 is 0 Å². The van der Waals surface area contributed by atoms with Gasteiger partial charge in [0, 0.05) is 23.8 Å². The summed E-state index contributed by atoms with van der Waals surface area (Å²) in [5.41, 5.74) is 0. The number of hydrogen-bond donors (Lipinski definition) is 0. The molecule has 0 amide bonds. The van der Waals surface area contributed by atoms with Crippen molar-refractivity contribution in [2.45, 2.75) is 65.2 Å². The normalized spacial score (nSPS) is 30.6. The van der Waals surface area contributed by atoms with Gasteiger partial charge in [-0.1, -0.05) is 52.4 Å². The third kappa shape index (κ3) is 7.93. The summed E-state index contributed by atoms with van der Waals surface area (Å²) >= 11 is 0. The number of aliphatic carboxylic acids is 2. The Labute approximate surface area is 152 Å². The Kier molecular flexibility index (Phi) is 13.5. The van der Waals surface area contributed by atoms with E-state index in [0.717, 1.165) is 38.5 Å². The van der Waals surface area contributed by atoms with Gasteiger partial charge in [-0.25, -0.2) is 0 Å². The summed E-state index contributed by atoms with van der Waals surface area (Å²) < 4.78 is 0. The van der Waals surface area contributed by atoms with Crippen molar-refractivity contribution >= 4 is 31.7 Å². The van der Waals surface area contributed by atoms with Crippen LogP contribution in [0.3, 0.4) is 0 Å². The van der Waals surface area contributed by atoms with E-state index < -0.39 is 11.9 Å². The molecule has 0 bridgehead atoms. The molecule has 2 aliphatic carbocycles. The summed E-state index contributed by atoms with van der Waals surface area (Å²) in [6.45, 7) is 4.00. The maximum atomic E-state index is 10.5. The van der Waals surface area contributed by atoms with Gasteiger partial charge >= 0.3 is 19.8 Å². The van der Waals surface area contributed by atoms with Crippen molar-refractivity contribution in [2.24, 2.45) is 23.7 Å². The van der Waals surface area contributed by atoms with E-state index in [4.69, 9.17) is 0 Å². The zero-order valence-corrected chi connectivity index (χ0v) is 16.7. The molecule has 4 atom stereocenters. The number of hydrogen-bond acceptors (Lipinski definition) is 4. The van der Waals surface area contributed by atoms with E-state index in [1.165, 1.54) is 12.8 Å². The topological polar surface area (TPSA) is 80.3 Å². The number of carbonyl (C=O) groups excluding carboxylic acids is 2. The molecule has 0 aromatic carbocycles. The van der Waals surface area contributed by atoms with Crippen LogP contribution in [0.4, 0.5) is 0 Å². The summed E-state index contributed by atoms with van der Waals surface area (Å²) in [5.74, 6) is -1.39. The van der Waals surface area contributed by atoms with Gasteiger partial charge in [0.2, 0.25) is 0 Å². The molecule has 0 radical (unpaired) electrons. The quantitative estimate of drug-likeness (QED) is 0.502. The van der Waals surface area contributed by atoms with E-state index >= 15 is 0 Å². The molecule has 2 aliphatic rings. The number of carbonyl (C=O) groups is 2. The molecular weight excluding hydrogens is 361 g/mol. The predicted molar refractivity (Wildman–Crippen MR) is 78.0 cm³/mol. The molecule has 6 heteroatoms. The molecular formula is C16H26ClGaO4. The van der Waals surface area contributed by atoms with Crippen LogP contribution in [0.2, 0.25) is 0 Å². The van der Waals surface area contributed by atoms with Crippen LogP contribution in [-0.4, -0.2) is 31.7 Å². The van der Waals surface area contributed by atoms with Gasteiger partial charge < -0.3 is 32.2 Å². The maximum Gasteiger partial charge on any atom is 3.00 e. The maximum absolute atomic E-state index is 10.5. The van der Waals surface area contributed by atoms with Gasteiger partial charge in [0.1, 0.15) is 0 Å². The van der Waals surface area contributed by atoms with Crippen molar-refractivity contribution in [1.82, 2.24) is 0 Å². The fraction of sp³-hybridized carbons (Fsp3) is 0.875. The minimum atomic E-state index is -0.854. The van der Waals surface area contributed by atoms with Gasteiger partial charge in [-0.05, 0) is 24.7 Å². The van der Waals surface area contributed by atoms with E-state index in [-0.39, 0.29) is 44.0 Å². The minimum Gasteiger partial charge on any atom is -1.00 e. The minimum absolute atomic E-state index is 0. The van der Waals surface area contributed by atoms with Gasteiger partial charge in [0.15, 0.2) is 0 Å². The van der Waals surface area contributed by atoms with Crippen LogP contribution in [-0.2, 0) is 9.59 Å². The smallest absolute Gasteiger partial charge is 1.00 e. The first kappa shape index (κ1) is 24.1. The van der Waals surface area contributed by atoms with E-state index in [2.05, 4.69) is 0 Å². The van der Waals surface area contributed by atoms with Crippen LogP contribution in [0.15, 0.2) is 0 Å². The van der Waals surface area contributed by atoms with Gasteiger partial charge in [0.25, 0.3) is 0 Å². The second-order valence-corrected chi connectivity index (χ2v) is 6.37. The molecule has 0 aliphatic heterocycles. The first-order valence-electron chi connectivity index (χ1n) is 7.85. The molecule has 22 heavy (non-hydrogen) atoms. The number of carboxylic acids is 2. The summed E-state index contributed by atoms with van der Waals surface area (Å²) in [6.07, 6.45) is 8.24. The standard InChI is InChI=1S/2C8H14O2.ClH.Ga/c2*1-6-4-2-3-5-7(6)8(9)10;;/h2*6-7H,2-5H2,1H3,(H,9,10);1H;/q;;;+3/p-3. The first-order valence-corrected chi connectivity index (χ1v) is 7.85. The summed E-state index contributed by atoms with van der Waals surface area (Å²) in [5, 5.41) is 20.9. The Morgan fingerprint density at radius 1 is 0.727 bits per heavy atom. The van der Waals surface area contributed by atoms with Crippen LogP contribution in [0.1, 0.15) is 65.2 Å². The monoisotopic (exact) mass is 386 g/mol. The van der Waals surface area contributed by atoms with Gasteiger partial charge in [0.05, 0.1) is 0 Å². The van der Waals surface area contributed by atoms with E-state index in [9.17, 15) is 19.8 Å². The number of halogens is 1. The second-order valence-electron chi connectivity index (χ2n) is 6.37. The van der Waals surface area contributed by atoms with Crippen molar-refractivity contribution in [1.29, 1.82) is 0 Å². The van der Waals surface area contributed by atoms with Crippen molar-refractivity contribution in [3.63, 3.8) is 0 Å². The van der Waals surface area contributed by atoms with Crippen LogP contribution in [0.5, 0.6) is 0 Å². The average molecular weight is 388 g/mol. The first-order chi connectivity index (χ1) is 9.43. The zero-order valence-electron chi connectivity index (χ0n) is 13.6. The Morgan fingerprint density at radius 3 is 1.18 bits per heavy atom. The molecule has 0 N–H and O–H groups in total. The third-order valence-corrected chi connectivity index (χ3v) is 4.83. The molecule has 4 nitrogen and oxygen atoms in total. The Bertz CT molecular complexity index is 306. The Morgan fingerprint density at radius 2 is 1.00 bits per heavy atom. The SMILES string of the molecule is CC1CCCCC1C(=O)[O-].CC1CCCCC1C(=O)[O-].[Cl-].[Ga+3]. The largest absolute Gasteiger partial charge is 3.00 e. The molecule has 4 unspecified atom stereocenters. The summed E-state index contributed by atoms with van der Waals surface area (Å²) in [6, 6.07) is 0. The fourth-order valence-corrected chi connectivity index (χ4v) is 3.33. The van der Waals surface area contributed by atoms with E-state index in [1.807, 2.05) is 13.8 Å². The molecule has 2 fully saturated rings. The van der Waals surface area contributed by atoms with Crippen molar-refractivity contribution in [3.8, 4) is 0 Å². The second kappa shape index (κ2) is 12.3. The molecule has 2 rings (SSSR count). The van der Waals surface area contributed by atoms with Gasteiger partial charge in [-0.15, -0.1) is 0 Å². The Hall–Kier alpha value is -0.134. The molecule has 0 spiro atoms. The molecule has 0 heterocycles. The predicted octanol–water partition coefficient (Wildman–Crippen LogP) is -2.25.